The predicted octanol–water partition coefficient (Wildman–Crippen LogP) is 0.782. The summed E-state index contributed by atoms with van der Waals surface area (Å²) in [5, 5.41) is 17.4. The molecule has 1 aromatic carbocycles. The number of para-hydroxylation sites is 1. The summed E-state index contributed by atoms with van der Waals surface area (Å²) in [7, 11) is 0. The number of nitrogens with two attached hydrogens (primary N) is 1. The van der Waals surface area contributed by atoms with Crippen molar-refractivity contribution in [1.29, 1.82) is 0 Å². The first-order valence-corrected chi connectivity index (χ1v) is 6.10. The molecule has 0 radical (unpaired) electrons. The number of nitrogens with one attached hydrogen (secondary N) is 1. The van der Waals surface area contributed by atoms with E-state index >= 15 is 0 Å². The number of carbonyl (C=O) groups excluding carboxylic acids is 1. The van der Waals surface area contributed by atoms with Gasteiger partial charge in [0, 0.05) is 30.4 Å². The van der Waals surface area contributed by atoms with Crippen LogP contribution in [0.5, 0.6) is 0 Å². The van der Waals surface area contributed by atoms with Crippen molar-refractivity contribution in [3.8, 4) is 0 Å². The smallest absolute Gasteiger partial charge is 0.371 e. The number of carboxylic acid groups (broad SMARTS) is 2. The Morgan fingerprint density at radius 3 is 2.33 bits per heavy atom. The molecule has 2 aromatic rings. The minimum absolute atomic E-state index is 0.347. The fourth-order valence-corrected chi connectivity index (χ4v) is 1.62. The van der Waals surface area contributed by atoms with Gasteiger partial charge in [-0.15, -0.1) is 0 Å². The summed E-state index contributed by atoms with van der Waals surface area (Å²) in [6, 6.07) is 6.91. The molecule has 1 atom stereocenters. The lowest BCUT2D eigenvalue weighted by atomic mass is 10.1. The standard InChI is InChI=1S/C11H12N2O2.C3H4O3/c12-9(11(14)15)5-7-6-13-10-4-2-1-3-8(7)10;1-2(4)3(5)6/h1-4,6,9,13H,5,12H2,(H,14,15);1H3,(H,5,6). The molecule has 21 heavy (non-hydrogen) atoms. The van der Waals surface area contributed by atoms with E-state index < -0.39 is 23.8 Å². The molecule has 0 aliphatic rings. The van der Waals surface area contributed by atoms with Gasteiger partial charge in [-0.3, -0.25) is 9.59 Å². The van der Waals surface area contributed by atoms with E-state index in [1.807, 2.05) is 30.5 Å². The SMILES string of the molecule is CC(=O)C(=O)O.NC(Cc1c[nH]c2ccccc12)C(=O)O. The largest absolute Gasteiger partial charge is 0.480 e. The lowest BCUT2D eigenvalue weighted by molar-refractivity contribution is -0.148. The van der Waals surface area contributed by atoms with Gasteiger partial charge in [0.2, 0.25) is 5.78 Å². The third kappa shape index (κ3) is 4.73. The molecule has 7 heteroatoms. The van der Waals surface area contributed by atoms with Gasteiger partial charge in [0.05, 0.1) is 0 Å². The van der Waals surface area contributed by atoms with Crippen molar-refractivity contribution in [2.75, 3.05) is 0 Å². The number of fused-ring (bicyclic) bond motifs is 1. The van der Waals surface area contributed by atoms with Crippen LogP contribution in [0.15, 0.2) is 30.5 Å². The van der Waals surface area contributed by atoms with E-state index in [4.69, 9.17) is 15.9 Å². The molecule has 0 bridgehead atoms. The van der Waals surface area contributed by atoms with Crippen molar-refractivity contribution < 1.29 is 24.6 Å². The number of benzene rings is 1. The second-order valence-corrected chi connectivity index (χ2v) is 4.37. The van der Waals surface area contributed by atoms with Crippen LogP contribution in [0.1, 0.15) is 12.5 Å². The number of carbonyl (C=O) groups is 3. The normalized spacial score (nSPS) is 11.3. The molecule has 0 saturated carbocycles. The topological polar surface area (TPSA) is 133 Å². The van der Waals surface area contributed by atoms with Crippen molar-refractivity contribution in [2.24, 2.45) is 5.73 Å². The summed E-state index contributed by atoms with van der Waals surface area (Å²) in [6.45, 7) is 1.00. The van der Waals surface area contributed by atoms with Crippen LogP contribution in [0.25, 0.3) is 10.9 Å². The molecule has 0 aliphatic heterocycles. The molecule has 0 fully saturated rings. The fraction of sp³-hybridized carbons (Fsp3) is 0.214. The number of rotatable bonds is 4. The van der Waals surface area contributed by atoms with Crippen molar-refractivity contribution in [1.82, 2.24) is 4.98 Å². The van der Waals surface area contributed by atoms with E-state index in [1.54, 1.807) is 0 Å². The highest BCUT2D eigenvalue weighted by molar-refractivity contribution is 6.31. The quantitative estimate of drug-likeness (QED) is 0.615. The molecular formula is C14H16N2O5. The monoisotopic (exact) mass is 292 g/mol. The van der Waals surface area contributed by atoms with Crippen LogP contribution >= 0.6 is 0 Å². The van der Waals surface area contributed by atoms with Crippen molar-refractivity contribution in [2.45, 2.75) is 19.4 Å². The highest BCUT2D eigenvalue weighted by Crippen LogP contribution is 2.18. The van der Waals surface area contributed by atoms with Crippen LogP contribution in [0, 0.1) is 0 Å². The molecule has 5 N–H and O–H groups in total. The highest BCUT2D eigenvalue weighted by atomic mass is 16.4. The number of aromatic amines is 1. The maximum absolute atomic E-state index is 10.6. The number of aromatic nitrogens is 1. The Hall–Kier alpha value is -2.67. The third-order valence-corrected chi connectivity index (χ3v) is 2.73. The van der Waals surface area contributed by atoms with Gasteiger partial charge in [-0.25, -0.2) is 4.79 Å². The Morgan fingerprint density at radius 1 is 1.24 bits per heavy atom. The highest BCUT2D eigenvalue weighted by Gasteiger charge is 2.14. The summed E-state index contributed by atoms with van der Waals surface area (Å²) in [6.07, 6.45) is 2.16. The Bertz CT molecular complexity index is 650. The molecule has 0 amide bonds. The Balaban J connectivity index is 0.000000315. The average Bonchev–Trinajstić information content (AvgIpc) is 2.82. The molecule has 1 unspecified atom stereocenters. The van der Waals surface area contributed by atoms with Crippen LogP contribution in [0.3, 0.4) is 0 Å². The summed E-state index contributed by atoms with van der Waals surface area (Å²) in [5.41, 5.74) is 7.43. The summed E-state index contributed by atoms with van der Waals surface area (Å²) >= 11 is 0. The van der Waals surface area contributed by atoms with Gasteiger partial charge in [-0.1, -0.05) is 18.2 Å². The Kier molecular flexibility index (Phi) is 5.62. The number of ketones is 1. The van der Waals surface area contributed by atoms with Crippen LogP contribution in [0.4, 0.5) is 0 Å². The maximum Gasteiger partial charge on any atom is 0.371 e. The summed E-state index contributed by atoms with van der Waals surface area (Å²) < 4.78 is 0. The minimum Gasteiger partial charge on any atom is -0.480 e. The van der Waals surface area contributed by atoms with Crippen LogP contribution < -0.4 is 5.73 Å². The van der Waals surface area contributed by atoms with E-state index in [0.29, 0.717) is 6.42 Å². The number of hydrogen-bond donors (Lipinski definition) is 4. The van der Waals surface area contributed by atoms with Gasteiger partial charge in [-0.2, -0.15) is 0 Å². The van der Waals surface area contributed by atoms with E-state index in [1.165, 1.54) is 0 Å². The molecule has 112 valence electrons. The number of Topliss-reactive ketones (excluding diaryl/α,β-unsaturated/α-hetero) is 1. The van der Waals surface area contributed by atoms with E-state index in [-0.39, 0.29) is 0 Å². The molecule has 0 aliphatic carbocycles. The van der Waals surface area contributed by atoms with Gasteiger partial charge < -0.3 is 20.9 Å². The molecule has 0 saturated heterocycles. The van der Waals surface area contributed by atoms with Crippen LogP contribution in [-0.4, -0.2) is 39.0 Å². The first-order valence-electron chi connectivity index (χ1n) is 6.10. The van der Waals surface area contributed by atoms with E-state index in [9.17, 15) is 14.4 Å². The fourth-order valence-electron chi connectivity index (χ4n) is 1.62. The average molecular weight is 292 g/mol. The zero-order valence-corrected chi connectivity index (χ0v) is 11.4. The number of aliphatic carboxylic acids is 2. The second-order valence-electron chi connectivity index (χ2n) is 4.37. The van der Waals surface area contributed by atoms with Crippen molar-refractivity contribution >= 4 is 28.6 Å². The molecule has 0 spiro atoms. The molecule has 1 aromatic heterocycles. The first kappa shape index (κ1) is 16.4. The first-order chi connectivity index (χ1) is 9.82. The lowest BCUT2D eigenvalue weighted by Gasteiger charge is -2.04. The number of carboxylic acids is 2. The number of H-pyrrole nitrogens is 1. The van der Waals surface area contributed by atoms with Crippen molar-refractivity contribution in [3.63, 3.8) is 0 Å². The zero-order chi connectivity index (χ0) is 16.0. The third-order valence-electron chi connectivity index (χ3n) is 2.73. The minimum atomic E-state index is -1.38. The second kappa shape index (κ2) is 7.20. The van der Waals surface area contributed by atoms with Gasteiger partial charge in [0.1, 0.15) is 6.04 Å². The Morgan fingerprint density at radius 2 is 1.81 bits per heavy atom. The van der Waals surface area contributed by atoms with Gasteiger partial charge in [0.15, 0.2) is 0 Å². The molecule has 1 heterocycles. The van der Waals surface area contributed by atoms with Crippen LogP contribution in [0.2, 0.25) is 0 Å². The molecule has 7 nitrogen and oxygen atoms in total. The van der Waals surface area contributed by atoms with Crippen LogP contribution in [-0.2, 0) is 20.8 Å². The zero-order valence-electron chi connectivity index (χ0n) is 11.4. The summed E-state index contributed by atoms with van der Waals surface area (Å²) in [4.78, 5) is 32.6. The van der Waals surface area contributed by atoms with Crippen molar-refractivity contribution in [3.05, 3.63) is 36.0 Å². The molecule has 2 rings (SSSR count). The lowest BCUT2D eigenvalue weighted by Crippen LogP contribution is -2.32. The number of hydrogen-bond acceptors (Lipinski definition) is 4. The maximum atomic E-state index is 10.6. The molecular weight excluding hydrogens is 276 g/mol. The van der Waals surface area contributed by atoms with Gasteiger partial charge in [-0.05, 0) is 11.6 Å². The Labute approximate surface area is 120 Å². The summed E-state index contributed by atoms with van der Waals surface area (Å²) in [5.74, 6) is -3.18. The van der Waals surface area contributed by atoms with E-state index in [2.05, 4.69) is 4.98 Å². The van der Waals surface area contributed by atoms with Gasteiger partial charge >= 0.3 is 11.9 Å². The predicted molar refractivity (Wildman–Crippen MR) is 75.9 cm³/mol. The van der Waals surface area contributed by atoms with E-state index in [0.717, 1.165) is 23.4 Å². The van der Waals surface area contributed by atoms with Gasteiger partial charge in [0.25, 0.3) is 0 Å².